The number of nitrogens with zero attached hydrogens (tertiary/aromatic N) is 2. The van der Waals surface area contributed by atoms with Gasteiger partial charge in [0.05, 0.1) is 15.1 Å². The highest BCUT2D eigenvalue weighted by molar-refractivity contribution is 9.11. The first-order valence-electron chi connectivity index (χ1n) is 8.55. The Morgan fingerprint density at radius 3 is 2.68 bits per heavy atom. The number of benzene rings is 1. The third-order valence-corrected chi connectivity index (χ3v) is 5.51. The molecule has 3 heterocycles. The van der Waals surface area contributed by atoms with Crippen molar-refractivity contribution < 1.29 is 18.4 Å². The summed E-state index contributed by atoms with van der Waals surface area (Å²) in [6.07, 6.45) is 0.671. The highest BCUT2D eigenvalue weighted by Crippen LogP contribution is 2.30. The highest BCUT2D eigenvalue weighted by Gasteiger charge is 2.13. The molecule has 0 bridgehead atoms. The van der Waals surface area contributed by atoms with Gasteiger partial charge in [0.15, 0.2) is 6.61 Å². The van der Waals surface area contributed by atoms with Gasteiger partial charge in [-0.25, -0.2) is 0 Å². The summed E-state index contributed by atoms with van der Waals surface area (Å²) in [5, 5.41) is 7.88. The number of thiophene rings is 1. The monoisotopic (exact) mass is 458 g/mol. The molecule has 8 heteroatoms. The maximum Gasteiger partial charge on any atom is 0.306 e. The quantitative estimate of drug-likeness (QED) is 0.340. The van der Waals surface area contributed by atoms with Crippen molar-refractivity contribution in [1.29, 1.82) is 0 Å². The van der Waals surface area contributed by atoms with E-state index in [1.807, 2.05) is 54.6 Å². The van der Waals surface area contributed by atoms with Crippen LogP contribution < -0.4 is 0 Å². The van der Waals surface area contributed by atoms with Gasteiger partial charge in [0.1, 0.15) is 11.5 Å². The van der Waals surface area contributed by atoms with Gasteiger partial charge in [0.2, 0.25) is 0 Å². The number of carbonyl (C=O) groups is 1. The Morgan fingerprint density at radius 1 is 1.04 bits per heavy atom. The molecule has 0 N–H and O–H groups in total. The first-order chi connectivity index (χ1) is 13.7. The average Bonchev–Trinajstić information content (AvgIpc) is 3.46. The number of aromatic nitrogens is 2. The fourth-order valence-corrected chi connectivity index (χ4v) is 3.86. The van der Waals surface area contributed by atoms with Gasteiger partial charge in [-0.05, 0) is 40.2 Å². The lowest BCUT2D eigenvalue weighted by atomic mass is 10.2. The molecule has 1 aromatic carbocycles. The minimum Gasteiger partial charge on any atom is -0.461 e. The van der Waals surface area contributed by atoms with E-state index >= 15 is 0 Å². The zero-order valence-corrected chi connectivity index (χ0v) is 17.0. The molecule has 28 heavy (non-hydrogen) atoms. The van der Waals surface area contributed by atoms with E-state index in [1.165, 1.54) is 11.3 Å². The van der Waals surface area contributed by atoms with Crippen LogP contribution in [0, 0.1) is 0 Å². The fourth-order valence-electron chi connectivity index (χ4n) is 2.55. The summed E-state index contributed by atoms with van der Waals surface area (Å²) in [5.41, 5.74) is 1.00. The van der Waals surface area contributed by atoms with Crippen LogP contribution in [0.25, 0.3) is 22.1 Å². The molecule has 6 nitrogen and oxygen atoms in total. The number of furan rings is 1. The van der Waals surface area contributed by atoms with E-state index < -0.39 is 0 Å². The minimum absolute atomic E-state index is 0.0498. The molecule has 0 aliphatic rings. The van der Waals surface area contributed by atoms with Crippen LogP contribution in [0.1, 0.15) is 18.1 Å². The van der Waals surface area contributed by atoms with Gasteiger partial charge < -0.3 is 13.6 Å². The topological polar surface area (TPSA) is 78.4 Å². The Hall–Kier alpha value is -2.71. The van der Waals surface area contributed by atoms with Crippen molar-refractivity contribution in [1.82, 2.24) is 10.2 Å². The van der Waals surface area contributed by atoms with Crippen molar-refractivity contribution >= 4 is 33.2 Å². The van der Waals surface area contributed by atoms with Gasteiger partial charge in [-0.15, -0.1) is 21.5 Å². The van der Waals surface area contributed by atoms with Crippen molar-refractivity contribution in [3.63, 3.8) is 0 Å². The van der Waals surface area contributed by atoms with Crippen molar-refractivity contribution in [3.05, 3.63) is 70.0 Å². The van der Waals surface area contributed by atoms with Crippen LogP contribution in [0.3, 0.4) is 0 Å². The number of hydrogen-bond donors (Lipinski definition) is 0. The van der Waals surface area contributed by atoms with Crippen LogP contribution in [0.15, 0.2) is 67.2 Å². The number of rotatable bonds is 7. The molecule has 0 unspecified atom stereocenters. The van der Waals surface area contributed by atoms with Gasteiger partial charge in [-0.1, -0.05) is 30.3 Å². The maximum absolute atomic E-state index is 12.0. The Balaban J connectivity index is 1.26. The summed E-state index contributed by atoms with van der Waals surface area (Å²) in [4.78, 5) is 12.8. The van der Waals surface area contributed by atoms with Crippen molar-refractivity contribution in [2.45, 2.75) is 19.4 Å². The summed E-state index contributed by atoms with van der Waals surface area (Å²) < 4.78 is 17.5. The third kappa shape index (κ3) is 4.58. The van der Waals surface area contributed by atoms with Gasteiger partial charge in [0.25, 0.3) is 11.8 Å². The average molecular weight is 459 g/mol. The molecule has 4 aromatic rings. The van der Waals surface area contributed by atoms with E-state index in [1.54, 1.807) is 0 Å². The standard InChI is InChI=1S/C20H15BrN2O4S/c21-17-10-9-16(28-17)20-23-22-18(27-20)12-25-19(24)11-7-14-6-8-15(26-14)13-4-2-1-3-5-13/h1-6,8-10H,7,11-12H2. The van der Waals surface area contributed by atoms with E-state index in [2.05, 4.69) is 26.1 Å². The summed E-state index contributed by atoms with van der Waals surface area (Å²) in [6.45, 7) is -0.0498. The smallest absolute Gasteiger partial charge is 0.306 e. The Morgan fingerprint density at radius 2 is 1.89 bits per heavy atom. The Labute approximate surface area is 173 Å². The summed E-state index contributed by atoms with van der Waals surface area (Å²) >= 11 is 4.88. The van der Waals surface area contributed by atoms with Crippen LogP contribution in [-0.4, -0.2) is 16.2 Å². The van der Waals surface area contributed by atoms with E-state index in [0.29, 0.717) is 12.3 Å². The van der Waals surface area contributed by atoms with Crippen LogP contribution in [-0.2, 0) is 22.6 Å². The minimum atomic E-state index is -0.351. The lowest BCUT2D eigenvalue weighted by molar-refractivity contribution is -0.145. The molecule has 0 spiro atoms. The molecule has 0 saturated heterocycles. The molecule has 0 radical (unpaired) electrons. The van der Waals surface area contributed by atoms with Crippen LogP contribution >= 0.6 is 27.3 Å². The molecule has 142 valence electrons. The summed E-state index contributed by atoms with van der Waals surface area (Å²) in [7, 11) is 0. The lowest BCUT2D eigenvalue weighted by Gasteiger charge is -2.01. The molecule has 0 aliphatic heterocycles. The van der Waals surface area contributed by atoms with Crippen molar-refractivity contribution in [3.8, 4) is 22.1 Å². The molecule has 0 atom stereocenters. The zero-order chi connectivity index (χ0) is 19.3. The van der Waals surface area contributed by atoms with Gasteiger partial charge in [0, 0.05) is 12.0 Å². The lowest BCUT2D eigenvalue weighted by Crippen LogP contribution is -2.05. The first kappa shape index (κ1) is 18.6. The van der Waals surface area contributed by atoms with E-state index in [-0.39, 0.29) is 24.9 Å². The van der Waals surface area contributed by atoms with Crippen LogP contribution in [0.2, 0.25) is 0 Å². The maximum atomic E-state index is 12.0. The summed E-state index contributed by atoms with van der Waals surface area (Å²) in [6, 6.07) is 17.4. The molecular formula is C20H15BrN2O4S. The van der Waals surface area contributed by atoms with Crippen molar-refractivity contribution in [2.24, 2.45) is 0 Å². The van der Waals surface area contributed by atoms with Gasteiger partial charge in [-0.3, -0.25) is 4.79 Å². The number of aryl methyl sites for hydroxylation is 1. The number of hydrogen-bond acceptors (Lipinski definition) is 7. The third-order valence-electron chi connectivity index (χ3n) is 3.90. The van der Waals surface area contributed by atoms with Crippen LogP contribution in [0.5, 0.6) is 0 Å². The zero-order valence-electron chi connectivity index (χ0n) is 14.6. The molecule has 0 saturated carbocycles. The second-order valence-electron chi connectivity index (χ2n) is 5.90. The molecule has 3 aromatic heterocycles. The fraction of sp³-hybridized carbons (Fsp3) is 0.150. The number of esters is 1. The largest absolute Gasteiger partial charge is 0.461 e. The van der Waals surface area contributed by atoms with Crippen molar-refractivity contribution in [2.75, 3.05) is 0 Å². The second-order valence-corrected chi connectivity index (χ2v) is 8.36. The highest BCUT2D eigenvalue weighted by atomic mass is 79.9. The number of carbonyl (C=O) groups excluding carboxylic acids is 1. The Bertz CT molecular complexity index is 1070. The predicted octanol–water partition coefficient (Wildman–Crippen LogP) is 5.50. The van der Waals surface area contributed by atoms with Crippen LogP contribution in [0.4, 0.5) is 0 Å². The molecule has 0 amide bonds. The Kier molecular flexibility index (Phi) is 5.68. The predicted molar refractivity (Wildman–Crippen MR) is 108 cm³/mol. The van der Waals surface area contributed by atoms with Gasteiger partial charge >= 0.3 is 5.97 Å². The first-order valence-corrected chi connectivity index (χ1v) is 10.2. The van der Waals surface area contributed by atoms with E-state index in [0.717, 1.165) is 25.7 Å². The summed E-state index contributed by atoms with van der Waals surface area (Å²) in [5.74, 6) is 1.83. The second kappa shape index (κ2) is 8.53. The molecule has 4 rings (SSSR count). The van der Waals surface area contributed by atoms with Gasteiger partial charge in [-0.2, -0.15) is 0 Å². The molecule has 0 fully saturated rings. The number of halogens is 1. The molecule has 0 aliphatic carbocycles. The van der Waals surface area contributed by atoms with E-state index in [9.17, 15) is 4.79 Å². The SMILES string of the molecule is O=C(CCc1ccc(-c2ccccc2)o1)OCc1nnc(-c2ccc(Br)s2)o1. The normalized spacial score (nSPS) is 10.9. The molecular weight excluding hydrogens is 444 g/mol. The van der Waals surface area contributed by atoms with E-state index in [4.69, 9.17) is 13.6 Å². The number of ether oxygens (including phenoxy) is 1.